The smallest absolute Gasteiger partial charge is 0.272 e. The molecule has 29 heavy (non-hydrogen) atoms. The molecule has 0 spiro atoms. The summed E-state index contributed by atoms with van der Waals surface area (Å²) in [7, 11) is 0. The lowest BCUT2D eigenvalue weighted by Gasteiger charge is -2.22. The van der Waals surface area contributed by atoms with Crippen molar-refractivity contribution in [2.24, 2.45) is 11.8 Å². The Labute approximate surface area is 167 Å². The highest BCUT2D eigenvalue weighted by atomic mass is 19.3. The van der Waals surface area contributed by atoms with Gasteiger partial charge in [-0.3, -0.25) is 4.79 Å². The Morgan fingerprint density at radius 2 is 1.83 bits per heavy atom. The number of carbonyl (C=O) groups excluding carboxylic acids is 1. The van der Waals surface area contributed by atoms with Crippen molar-refractivity contribution in [3.63, 3.8) is 0 Å². The van der Waals surface area contributed by atoms with E-state index in [0.29, 0.717) is 24.9 Å². The van der Waals surface area contributed by atoms with Gasteiger partial charge >= 0.3 is 0 Å². The van der Waals surface area contributed by atoms with Crippen LogP contribution in [0.5, 0.6) is 5.88 Å². The van der Waals surface area contributed by atoms with Crippen molar-refractivity contribution in [3.8, 4) is 5.88 Å². The largest absolute Gasteiger partial charge is 0.471 e. The van der Waals surface area contributed by atoms with Crippen LogP contribution in [0.4, 0.5) is 14.7 Å². The fraction of sp³-hybridized carbons (Fsp3) is 0.500. The minimum Gasteiger partial charge on any atom is -0.471 e. The molecule has 4 heterocycles. The molecule has 2 saturated heterocycles. The molecular weight excluding hydrogens is 380 g/mol. The molecular formula is C20H23F2N5O2. The van der Waals surface area contributed by atoms with Crippen LogP contribution < -0.4 is 9.64 Å². The maximum absolute atomic E-state index is 13.0. The number of pyridine rings is 1. The fourth-order valence-corrected chi connectivity index (χ4v) is 4.15. The van der Waals surface area contributed by atoms with Gasteiger partial charge in [0.2, 0.25) is 11.8 Å². The molecule has 2 aliphatic rings. The molecule has 0 N–H and O–H groups in total. The molecule has 1 amide bonds. The van der Waals surface area contributed by atoms with Crippen molar-refractivity contribution in [1.82, 2.24) is 19.9 Å². The second-order valence-electron chi connectivity index (χ2n) is 7.64. The van der Waals surface area contributed by atoms with Crippen LogP contribution in [0.2, 0.25) is 0 Å². The van der Waals surface area contributed by atoms with E-state index in [4.69, 9.17) is 4.74 Å². The van der Waals surface area contributed by atoms with Gasteiger partial charge in [-0.25, -0.2) is 23.7 Å². The molecule has 2 fully saturated rings. The monoisotopic (exact) mass is 403 g/mol. The first kappa shape index (κ1) is 19.5. The number of carbonyl (C=O) groups is 1. The second-order valence-corrected chi connectivity index (χ2v) is 7.64. The van der Waals surface area contributed by atoms with Gasteiger partial charge in [0, 0.05) is 55.6 Å². The first-order valence-electron chi connectivity index (χ1n) is 9.63. The van der Waals surface area contributed by atoms with E-state index in [1.807, 2.05) is 19.9 Å². The average molecular weight is 403 g/mol. The van der Waals surface area contributed by atoms with Crippen molar-refractivity contribution in [1.29, 1.82) is 0 Å². The number of halogens is 2. The molecule has 0 aromatic carbocycles. The number of ether oxygens (including phenoxy) is 1. The Hall–Kier alpha value is -2.84. The lowest BCUT2D eigenvalue weighted by atomic mass is 10.0. The zero-order valence-corrected chi connectivity index (χ0v) is 16.4. The fourth-order valence-electron chi connectivity index (χ4n) is 4.15. The summed E-state index contributed by atoms with van der Waals surface area (Å²) in [5.41, 5.74) is 2.10. The van der Waals surface area contributed by atoms with E-state index in [2.05, 4.69) is 19.9 Å². The highest BCUT2D eigenvalue weighted by molar-refractivity contribution is 5.96. The third kappa shape index (κ3) is 4.13. The quantitative estimate of drug-likeness (QED) is 0.763. The summed E-state index contributed by atoms with van der Waals surface area (Å²) < 4.78 is 30.0. The topological polar surface area (TPSA) is 71.5 Å². The number of amides is 1. The number of aromatic nitrogens is 3. The molecule has 2 aliphatic heterocycles. The van der Waals surface area contributed by atoms with E-state index in [0.717, 1.165) is 30.4 Å². The summed E-state index contributed by atoms with van der Waals surface area (Å²) >= 11 is 0. The Morgan fingerprint density at radius 1 is 1.17 bits per heavy atom. The van der Waals surface area contributed by atoms with Crippen LogP contribution in [0.25, 0.3) is 0 Å². The zero-order chi connectivity index (χ0) is 20.5. The summed E-state index contributed by atoms with van der Waals surface area (Å²) in [4.78, 5) is 29.9. The van der Waals surface area contributed by atoms with E-state index in [-0.39, 0.29) is 17.4 Å². The first-order chi connectivity index (χ1) is 13.9. The standard InChI is InChI=1S/C20H23F2N5O2/c1-12-6-13(2)25-20(24-12)27-9-14-7-26(8-15(14)10-27)19(28)16-4-3-5-23-18(16)29-11-17(21)22/h3-6,14-15,17H,7-11H2,1-2H3. The number of alkyl halides is 2. The number of nitrogens with zero attached hydrogens (tertiary/aromatic N) is 5. The molecule has 9 heteroatoms. The van der Waals surface area contributed by atoms with E-state index in [9.17, 15) is 13.6 Å². The minimum absolute atomic E-state index is 0.0416. The maximum atomic E-state index is 13.0. The zero-order valence-electron chi connectivity index (χ0n) is 16.4. The van der Waals surface area contributed by atoms with Crippen LogP contribution >= 0.6 is 0 Å². The highest BCUT2D eigenvalue weighted by Crippen LogP contribution is 2.34. The van der Waals surface area contributed by atoms with Gasteiger partial charge in [-0.15, -0.1) is 0 Å². The van der Waals surface area contributed by atoms with Gasteiger partial charge in [0.15, 0.2) is 6.61 Å². The predicted molar refractivity (Wildman–Crippen MR) is 102 cm³/mol. The molecule has 154 valence electrons. The van der Waals surface area contributed by atoms with Gasteiger partial charge in [-0.1, -0.05) is 0 Å². The van der Waals surface area contributed by atoms with E-state index in [1.54, 1.807) is 17.0 Å². The number of likely N-dealkylation sites (tertiary alicyclic amines) is 1. The molecule has 0 bridgehead atoms. The molecule has 0 saturated carbocycles. The minimum atomic E-state index is -2.62. The Morgan fingerprint density at radius 3 is 2.45 bits per heavy atom. The number of aryl methyl sites for hydroxylation is 2. The summed E-state index contributed by atoms with van der Waals surface area (Å²) in [6, 6.07) is 5.13. The molecule has 2 unspecified atom stereocenters. The molecule has 2 aromatic heterocycles. The van der Waals surface area contributed by atoms with Crippen molar-refractivity contribution in [3.05, 3.63) is 41.3 Å². The van der Waals surface area contributed by atoms with Gasteiger partial charge in [-0.05, 0) is 32.0 Å². The third-order valence-corrected chi connectivity index (χ3v) is 5.37. The summed E-state index contributed by atoms with van der Waals surface area (Å²) in [5.74, 6) is 1.12. The van der Waals surface area contributed by atoms with Crippen LogP contribution in [-0.2, 0) is 0 Å². The SMILES string of the molecule is Cc1cc(C)nc(N2CC3CN(C(=O)c4cccnc4OCC(F)F)CC3C2)n1. The lowest BCUT2D eigenvalue weighted by molar-refractivity contribution is 0.0718. The Bertz CT molecular complexity index is 876. The van der Waals surface area contributed by atoms with Crippen LogP contribution in [0.1, 0.15) is 21.7 Å². The average Bonchev–Trinajstić information content (AvgIpc) is 3.24. The molecule has 0 radical (unpaired) electrons. The van der Waals surface area contributed by atoms with Crippen molar-refractivity contribution >= 4 is 11.9 Å². The Kier molecular flexibility index (Phi) is 5.29. The number of rotatable bonds is 5. The van der Waals surface area contributed by atoms with Crippen LogP contribution in [0.15, 0.2) is 24.4 Å². The van der Waals surface area contributed by atoms with Gasteiger partial charge in [0.25, 0.3) is 12.3 Å². The molecule has 2 aromatic rings. The third-order valence-electron chi connectivity index (χ3n) is 5.37. The van der Waals surface area contributed by atoms with Gasteiger partial charge in [-0.2, -0.15) is 0 Å². The van der Waals surface area contributed by atoms with E-state index in [1.165, 1.54) is 6.20 Å². The maximum Gasteiger partial charge on any atom is 0.272 e. The number of hydrogen-bond acceptors (Lipinski definition) is 6. The molecule has 0 aliphatic carbocycles. The molecule has 4 rings (SSSR count). The second kappa shape index (κ2) is 7.88. The van der Waals surface area contributed by atoms with E-state index < -0.39 is 13.0 Å². The summed E-state index contributed by atoms with van der Waals surface area (Å²) in [6.45, 7) is 5.92. The van der Waals surface area contributed by atoms with E-state index >= 15 is 0 Å². The molecule has 7 nitrogen and oxygen atoms in total. The summed E-state index contributed by atoms with van der Waals surface area (Å²) in [5, 5.41) is 0. The van der Waals surface area contributed by atoms with Crippen molar-refractivity contribution in [2.45, 2.75) is 20.3 Å². The summed E-state index contributed by atoms with van der Waals surface area (Å²) in [6.07, 6.45) is -1.19. The Balaban J connectivity index is 1.43. The highest BCUT2D eigenvalue weighted by Gasteiger charge is 2.43. The van der Waals surface area contributed by atoms with Crippen LogP contribution in [0.3, 0.4) is 0 Å². The van der Waals surface area contributed by atoms with Crippen molar-refractivity contribution in [2.75, 3.05) is 37.7 Å². The van der Waals surface area contributed by atoms with Gasteiger partial charge in [0.1, 0.15) is 5.56 Å². The number of hydrogen-bond donors (Lipinski definition) is 0. The van der Waals surface area contributed by atoms with Crippen LogP contribution in [0, 0.1) is 25.7 Å². The van der Waals surface area contributed by atoms with Crippen molar-refractivity contribution < 1.29 is 18.3 Å². The number of fused-ring (bicyclic) bond motifs is 1. The van der Waals surface area contributed by atoms with Crippen LogP contribution in [-0.4, -0.2) is 65.0 Å². The lowest BCUT2D eigenvalue weighted by Crippen LogP contribution is -2.34. The normalized spacial score (nSPS) is 21.0. The van der Waals surface area contributed by atoms with Gasteiger partial charge < -0.3 is 14.5 Å². The van der Waals surface area contributed by atoms with Gasteiger partial charge in [0.05, 0.1) is 0 Å². The predicted octanol–water partition coefficient (Wildman–Crippen LogP) is 2.34. The number of anilines is 1. The molecule has 2 atom stereocenters. The first-order valence-corrected chi connectivity index (χ1v) is 9.63.